The molecule has 0 aliphatic rings. The molecule has 3 nitrogen and oxygen atoms in total. The van der Waals surface area contributed by atoms with E-state index in [2.05, 4.69) is 44.5 Å². The monoisotopic (exact) mass is 364 g/mol. The molecule has 5 heteroatoms. The lowest BCUT2D eigenvalue weighted by Gasteiger charge is -2.10. The largest absolute Gasteiger partial charge is 0.497 e. The van der Waals surface area contributed by atoms with Crippen LogP contribution in [0, 0.1) is 6.92 Å². The van der Waals surface area contributed by atoms with E-state index in [0.717, 1.165) is 32.8 Å². The molecule has 0 unspecified atom stereocenters. The van der Waals surface area contributed by atoms with Crippen LogP contribution in [0.4, 0.5) is 0 Å². The number of rotatable bonds is 3. The Balaban J connectivity index is 2.26. The third-order valence-corrected chi connectivity index (χ3v) is 4.58. The first-order valence-corrected chi connectivity index (χ1v) is 7.84. The minimum absolute atomic E-state index is 0.353. The van der Waals surface area contributed by atoms with Gasteiger partial charge in [-0.1, -0.05) is 15.9 Å². The van der Waals surface area contributed by atoms with Crippen molar-refractivity contribution in [2.75, 3.05) is 7.11 Å². The molecule has 1 aromatic heterocycles. The third kappa shape index (κ3) is 2.54. The molecule has 2 aromatic carbocycles. The summed E-state index contributed by atoms with van der Waals surface area (Å²) in [5, 5.41) is 0. The first kappa shape index (κ1) is 14.4. The van der Waals surface area contributed by atoms with Crippen molar-refractivity contribution >= 4 is 38.6 Å². The second-order valence-electron chi connectivity index (χ2n) is 4.79. The lowest BCUT2D eigenvalue weighted by molar-refractivity contribution is 0.415. The van der Waals surface area contributed by atoms with Crippen LogP contribution in [0.5, 0.6) is 5.75 Å². The van der Waals surface area contributed by atoms with Gasteiger partial charge in [-0.3, -0.25) is 4.57 Å². The molecule has 3 aromatic rings. The number of nitrogens with zero attached hydrogens (tertiary/aromatic N) is 2. The van der Waals surface area contributed by atoms with Gasteiger partial charge >= 0.3 is 0 Å². The SMILES string of the molecule is COc1ccc2c(c1)nc(CCl)n2-c1ccc(Br)c(C)c1. The lowest BCUT2D eigenvalue weighted by atomic mass is 10.2. The van der Waals surface area contributed by atoms with Gasteiger partial charge in [0.1, 0.15) is 11.6 Å². The molecule has 0 saturated carbocycles. The fourth-order valence-electron chi connectivity index (χ4n) is 2.38. The third-order valence-electron chi connectivity index (χ3n) is 3.45. The summed E-state index contributed by atoms with van der Waals surface area (Å²) in [4.78, 5) is 4.61. The summed E-state index contributed by atoms with van der Waals surface area (Å²) in [5.41, 5.74) is 4.13. The predicted molar refractivity (Wildman–Crippen MR) is 89.6 cm³/mol. The highest BCUT2D eigenvalue weighted by molar-refractivity contribution is 9.10. The van der Waals surface area contributed by atoms with Crippen molar-refractivity contribution in [3.63, 3.8) is 0 Å². The van der Waals surface area contributed by atoms with E-state index < -0.39 is 0 Å². The van der Waals surface area contributed by atoms with Gasteiger partial charge in [0, 0.05) is 16.2 Å². The predicted octanol–water partition coefficient (Wildman–Crippen LogP) is 4.84. The molecule has 0 atom stereocenters. The highest BCUT2D eigenvalue weighted by Crippen LogP contribution is 2.28. The number of aryl methyl sites for hydroxylation is 1. The minimum Gasteiger partial charge on any atom is -0.497 e. The van der Waals surface area contributed by atoms with Crippen molar-refractivity contribution in [1.29, 1.82) is 0 Å². The fraction of sp³-hybridized carbons (Fsp3) is 0.188. The molecule has 0 N–H and O–H groups in total. The lowest BCUT2D eigenvalue weighted by Crippen LogP contribution is -1.99. The van der Waals surface area contributed by atoms with Crippen molar-refractivity contribution in [1.82, 2.24) is 9.55 Å². The Morgan fingerprint density at radius 3 is 2.71 bits per heavy atom. The molecule has 1 heterocycles. The standard InChI is InChI=1S/C16H14BrClN2O/c1-10-7-11(3-5-13(10)17)20-15-6-4-12(21-2)8-14(15)19-16(20)9-18/h3-8H,9H2,1-2H3. The van der Waals surface area contributed by atoms with E-state index in [0.29, 0.717) is 5.88 Å². The van der Waals surface area contributed by atoms with E-state index in [-0.39, 0.29) is 0 Å². The summed E-state index contributed by atoms with van der Waals surface area (Å²) < 4.78 is 8.43. The summed E-state index contributed by atoms with van der Waals surface area (Å²) in [5.74, 6) is 1.97. The van der Waals surface area contributed by atoms with Gasteiger partial charge in [-0.15, -0.1) is 11.6 Å². The molecule has 0 radical (unpaired) electrons. The zero-order valence-electron chi connectivity index (χ0n) is 11.7. The van der Waals surface area contributed by atoms with Crippen molar-refractivity contribution in [2.24, 2.45) is 0 Å². The van der Waals surface area contributed by atoms with E-state index in [1.807, 2.05) is 24.3 Å². The number of hydrogen-bond acceptors (Lipinski definition) is 2. The topological polar surface area (TPSA) is 27.1 Å². The summed E-state index contributed by atoms with van der Waals surface area (Å²) >= 11 is 9.60. The summed E-state index contributed by atoms with van der Waals surface area (Å²) in [6, 6.07) is 12.1. The van der Waals surface area contributed by atoms with Crippen LogP contribution in [0.2, 0.25) is 0 Å². The van der Waals surface area contributed by atoms with E-state index >= 15 is 0 Å². The molecule has 0 amide bonds. The summed E-state index contributed by atoms with van der Waals surface area (Å²) in [7, 11) is 1.65. The number of alkyl halides is 1. The average molecular weight is 366 g/mol. The number of halogens is 2. The van der Waals surface area contributed by atoms with Gasteiger partial charge in [-0.2, -0.15) is 0 Å². The van der Waals surface area contributed by atoms with Crippen molar-refractivity contribution < 1.29 is 4.74 Å². The maximum atomic E-state index is 6.07. The number of benzene rings is 2. The molecule has 0 spiro atoms. The fourth-order valence-corrected chi connectivity index (χ4v) is 2.81. The Morgan fingerprint density at radius 1 is 1.24 bits per heavy atom. The first-order chi connectivity index (χ1) is 10.1. The van der Waals surface area contributed by atoms with Crippen molar-refractivity contribution in [3.8, 4) is 11.4 Å². The Morgan fingerprint density at radius 2 is 2.05 bits per heavy atom. The van der Waals surface area contributed by atoms with E-state index in [1.54, 1.807) is 7.11 Å². The van der Waals surface area contributed by atoms with Gasteiger partial charge in [0.15, 0.2) is 0 Å². The average Bonchev–Trinajstić information content (AvgIpc) is 2.87. The molecule has 21 heavy (non-hydrogen) atoms. The molecular formula is C16H14BrClN2O. The highest BCUT2D eigenvalue weighted by atomic mass is 79.9. The second kappa shape index (κ2) is 5.70. The summed E-state index contributed by atoms with van der Waals surface area (Å²) in [6.07, 6.45) is 0. The molecule has 0 aliphatic carbocycles. The molecule has 108 valence electrons. The van der Waals surface area contributed by atoms with Crippen LogP contribution in [0.25, 0.3) is 16.7 Å². The maximum Gasteiger partial charge on any atom is 0.129 e. The quantitative estimate of drug-likeness (QED) is 0.621. The van der Waals surface area contributed by atoms with Gasteiger partial charge in [0.2, 0.25) is 0 Å². The van der Waals surface area contributed by atoms with Gasteiger partial charge in [0.05, 0.1) is 24.0 Å². The molecule has 0 aliphatic heterocycles. The minimum atomic E-state index is 0.353. The maximum absolute atomic E-state index is 6.07. The zero-order chi connectivity index (χ0) is 15.0. The number of aromatic nitrogens is 2. The Kier molecular flexibility index (Phi) is 3.91. The molecule has 0 fully saturated rings. The van der Waals surface area contributed by atoms with Crippen LogP contribution in [-0.4, -0.2) is 16.7 Å². The van der Waals surface area contributed by atoms with Gasteiger partial charge < -0.3 is 4.74 Å². The van der Waals surface area contributed by atoms with Crippen molar-refractivity contribution in [2.45, 2.75) is 12.8 Å². The van der Waals surface area contributed by atoms with E-state index in [4.69, 9.17) is 16.3 Å². The van der Waals surface area contributed by atoms with Crippen LogP contribution in [0.3, 0.4) is 0 Å². The van der Waals surface area contributed by atoms with Crippen LogP contribution < -0.4 is 4.74 Å². The van der Waals surface area contributed by atoms with E-state index in [9.17, 15) is 0 Å². The zero-order valence-corrected chi connectivity index (χ0v) is 14.1. The molecule has 0 bridgehead atoms. The van der Waals surface area contributed by atoms with E-state index in [1.165, 1.54) is 5.56 Å². The van der Waals surface area contributed by atoms with Crippen LogP contribution in [-0.2, 0) is 5.88 Å². The second-order valence-corrected chi connectivity index (χ2v) is 5.91. The Labute approximate surface area is 136 Å². The first-order valence-electron chi connectivity index (χ1n) is 6.52. The number of methoxy groups -OCH3 is 1. The van der Waals surface area contributed by atoms with Crippen LogP contribution in [0.15, 0.2) is 40.9 Å². The normalized spacial score (nSPS) is 11.0. The van der Waals surface area contributed by atoms with Crippen LogP contribution >= 0.6 is 27.5 Å². The molecule has 3 rings (SSSR count). The molecule has 0 saturated heterocycles. The van der Waals surface area contributed by atoms with Gasteiger partial charge in [0.25, 0.3) is 0 Å². The number of imidazole rings is 1. The number of hydrogen-bond donors (Lipinski definition) is 0. The Hall–Kier alpha value is -1.52. The van der Waals surface area contributed by atoms with Crippen molar-refractivity contribution in [3.05, 3.63) is 52.3 Å². The van der Waals surface area contributed by atoms with Gasteiger partial charge in [-0.05, 0) is 42.8 Å². The van der Waals surface area contributed by atoms with Gasteiger partial charge in [-0.25, -0.2) is 4.98 Å². The smallest absolute Gasteiger partial charge is 0.129 e. The van der Waals surface area contributed by atoms with Crippen LogP contribution in [0.1, 0.15) is 11.4 Å². The highest BCUT2D eigenvalue weighted by Gasteiger charge is 2.13. The molecular weight excluding hydrogens is 352 g/mol. The Bertz CT molecular complexity index is 813. The summed E-state index contributed by atoms with van der Waals surface area (Å²) in [6.45, 7) is 2.07. The number of fused-ring (bicyclic) bond motifs is 1. The number of ether oxygens (including phenoxy) is 1.